The van der Waals surface area contributed by atoms with Crippen molar-refractivity contribution in [1.29, 1.82) is 0 Å². The van der Waals surface area contributed by atoms with Crippen molar-refractivity contribution in [3.05, 3.63) is 124 Å². The second-order valence-corrected chi connectivity index (χ2v) is 8.67. The Morgan fingerprint density at radius 2 is 1.42 bits per heavy atom. The van der Waals surface area contributed by atoms with Gasteiger partial charge in [-0.3, -0.25) is 20.4 Å². The Hall–Kier alpha value is -4.53. The fourth-order valence-corrected chi connectivity index (χ4v) is 3.83. The average Bonchev–Trinajstić information content (AvgIpc) is 2.94. The molecular weight excluding hydrogens is 508 g/mol. The molecule has 4 aromatic rings. The number of nitrogens with one attached hydrogen (secondary N) is 2. The molecule has 0 aromatic heterocycles. The minimum absolute atomic E-state index is 0.0261. The molecule has 38 heavy (non-hydrogen) atoms. The van der Waals surface area contributed by atoms with Gasteiger partial charge in [-0.05, 0) is 34.9 Å². The van der Waals surface area contributed by atoms with E-state index in [0.29, 0.717) is 5.75 Å². The van der Waals surface area contributed by atoms with Crippen LogP contribution in [-0.2, 0) is 18.0 Å². The molecule has 0 fully saturated rings. The second kappa shape index (κ2) is 12.6. The Balaban J connectivity index is 1.51. The van der Waals surface area contributed by atoms with Crippen LogP contribution in [0, 0.1) is 0 Å². The molecule has 2 amide bonds. The third-order valence-electron chi connectivity index (χ3n) is 5.47. The van der Waals surface area contributed by atoms with Crippen molar-refractivity contribution >= 4 is 23.4 Å². The lowest BCUT2D eigenvalue weighted by Gasteiger charge is -2.17. The number of aliphatic hydroxyl groups excluding tert-OH is 1. The van der Waals surface area contributed by atoms with E-state index in [1.807, 2.05) is 60.7 Å². The number of hydrogen-bond donors (Lipinski definition) is 4. The minimum atomic E-state index is -1.62. The highest BCUT2D eigenvalue weighted by Gasteiger charge is 2.22. The number of ether oxygens (including phenoxy) is 2. The van der Waals surface area contributed by atoms with Gasteiger partial charge in [-0.25, -0.2) is 0 Å². The summed E-state index contributed by atoms with van der Waals surface area (Å²) in [5, 5.41) is 19.9. The molecule has 1 atom stereocenters. The molecule has 1 unspecified atom stereocenters. The number of hydrazine groups is 1. The van der Waals surface area contributed by atoms with Gasteiger partial charge < -0.3 is 19.7 Å². The number of rotatable bonds is 9. The van der Waals surface area contributed by atoms with Crippen molar-refractivity contribution in [2.45, 2.75) is 19.3 Å². The molecule has 0 heterocycles. The molecule has 0 saturated carbocycles. The van der Waals surface area contributed by atoms with Gasteiger partial charge in [0.25, 0.3) is 11.8 Å². The normalized spacial score (nSPS) is 11.3. The number of hydrogen-bond acceptors (Lipinski definition) is 6. The zero-order chi connectivity index (χ0) is 26.9. The van der Waals surface area contributed by atoms with Gasteiger partial charge in [0.2, 0.25) is 0 Å². The summed E-state index contributed by atoms with van der Waals surface area (Å²) in [6.07, 6.45) is -1.62. The summed E-state index contributed by atoms with van der Waals surface area (Å²) in [6, 6.07) is 27.5. The Morgan fingerprint density at radius 3 is 2.05 bits per heavy atom. The molecule has 0 saturated heterocycles. The number of halogens is 1. The molecule has 4 rings (SSSR count). The van der Waals surface area contributed by atoms with E-state index in [1.54, 1.807) is 6.07 Å². The average molecular weight is 533 g/mol. The largest absolute Gasteiger partial charge is 0.508 e. The van der Waals surface area contributed by atoms with E-state index in [4.69, 9.17) is 21.1 Å². The van der Waals surface area contributed by atoms with Crippen LogP contribution in [0.4, 0.5) is 0 Å². The maximum atomic E-state index is 13.1. The number of aliphatic hydroxyl groups is 1. The summed E-state index contributed by atoms with van der Waals surface area (Å²) in [5.74, 6) is -1.25. The Morgan fingerprint density at radius 1 is 0.789 bits per heavy atom. The molecule has 0 aliphatic heterocycles. The first kappa shape index (κ1) is 26.5. The molecule has 0 aliphatic carbocycles. The van der Waals surface area contributed by atoms with E-state index >= 15 is 0 Å². The van der Waals surface area contributed by atoms with Gasteiger partial charge in [-0.2, -0.15) is 0 Å². The van der Waals surface area contributed by atoms with Crippen LogP contribution in [0.5, 0.6) is 17.2 Å². The highest BCUT2D eigenvalue weighted by atomic mass is 35.5. The van der Waals surface area contributed by atoms with Gasteiger partial charge in [0, 0.05) is 6.07 Å². The number of amides is 2. The number of aromatic hydroxyl groups is 1. The first-order chi connectivity index (χ1) is 18.4. The lowest BCUT2D eigenvalue weighted by Crippen LogP contribution is -2.44. The monoisotopic (exact) mass is 532 g/mol. The van der Waals surface area contributed by atoms with Gasteiger partial charge in [0.05, 0.1) is 5.02 Å². The minimum Gasteiger partial charge on any atom is -0.508 e. The predicted octanol–water partition coefficient (Wildman–Crippen LogP) is 4.70. The fraction of sp³-hybridized carbons (Fsp3) is 0.103. The molecule has 0 aliphatic rings. The highest BCUT2D eigenvalue weighted by Crippen LogP contribution is 2.33. The van der Waals surface area contributed by atoms with E-state index in [2.05, 4.69) is 10.9 Å². The maximum absolute atomic E-state index is 13.1. The van der Waals surface area contributed by atoms with Crippen LogP contribution in [0.15, 0.2) is 97.1 Å². The summed E-state index contributed by atoms with van der Waals surface area (Å²) in [6.45, 7) is 0.436. The van der Waals surface area contributed by atoms with Gasteiger partial charge >= 0.3 is 0 Å². The Labute approximate surface area is 224 Å². The van der Waals surface area contributed by atoms with Crippen LogP contribution in [0.2, 0.25) is 5.02 Å². The van der Waals surface area contributed by atoms with Crippen molar-refractivity contribution in [2.24, 2.45) is 0 Å². The third kappa shape index (κ3) is 7.03. The molecule has 8 nitrogen and oxygen atoms in total. The number of phenolic OH excluding ortho intramolecular Hbond substituents is 1. The Kier molecular flexibility index (Phi) is 8.81. The van der Waals surface area contributed by atoms with E-state index in [1.165, 1.54) is 30.3 Å². The quantitative estimate of drug-likeness (QED) is 0.232. The maximum Gasteiger partial charge on any atom is 0.274 e. The zero-order valence-corrected chi connectivity index (χ0v) is 20.9. The zero-order valence-electron chi connectivity index (χ0n) is 20.1. The number of phenols is 1. The van der Waals surface area contributed by atoms with Crippen LogP contribution in [0.3, 0.4) is 0 Å². The van der Waals surface area contributed by atoms with E-state index < -0.39 is 17.9 Å². The molecule has 4 aromatic carbocycles. The molecule has 0 radical (unpaired) electrons. The number of carbonyl (C=O) groups is 2. The van der Waals surface area contributed by atoms with Gasteiger partial charge in [-0.1, -0.05) is 84.4 Å². The molecule has 0 spiro atoms. The standard InChI is InChI=1S/C29H25ClN2O6/c30-24-15-23(37-17-19-8-3-1-4-9-19)16-25(38-18-20-10-5-2-6-11-20)26(24)28(35)31-32-29(36)27(34)21-12-7-13-22(33)14-21/h1-16,27,33-34H,17-18H2,(H,31,35)(H,32,36). The van der Waals surface area contributed by atoms with E-state index in [0.717, 1.165) is 11.1 Å². The molecular formula is C29H25ClN2O6. The van der Waals surface area contributed by atoms with Crippen molar-refractivity contribution in [2.75, 3.05) is 0 Å². The molecule has 194 valence electrons. The van der Waals surface area contributed by atoms with Gasteiger partial charge in [0.1, 0.15) is 36.0 Å². The van der Waals surface area contributed by atoms with Crippen molar-refractivity contribution in [3.8, 4) is 17.2 Å². The predicted molar refractivity (Wildman–Crippen MR) is 142 cm³/mol. The highest BCUT2D eigenvalue weighted by molar-refractivity contribution is 6.34. The van der Waals surface area contributed by atoms with Crippen molar-refractivity contribution in [3.63, 3.8) is 0 Å². The topological polar surface area (TPSA) is 117 Å². The molecule has 4 N–H and O–H groups in total. The summed E-state index contributed by atoms with van der Waals surface area (Å²) in [4.78, 5) is 25.5. The number of benzene rings is 4. The summed E-state index contributed by atoms with van der Waals surface area (Å²) < 4.78 is 11.8. The smallest absolute Gasteiger partial charge is 0.274 e. The van der Waals surface area contributed by atoms with Crippen LogP contribution < -0.4 is 20.3 Å². The van der Waals surface area contributed by atoms with Crippen LogP contribution in [0.25, 0.3) is 0 Å². The van der Waals surface area contributed by atoms with Gasteiger partial charge in [-0.15, -0.1) is 0 Å². The molecule has 9 heteroatoms. The van der Waals surface area contributed by atoms with Crippen LogP contribution in [-0.4, -0.2) is 22.0 Å². The third-order valence-corrected chi connectivity index (χ3v) is 5.77. The fourth-order valence-electron chi connectivity index (χ4n) is 3.55. The van der Waals surface area contributed by atoms with Crippen LogP contribution in [0.1, 0.15) is 33.2 Å². The lowest BCUT2D eigenvalue weighted by atomic mass is 10.1. The van der Waals surface area contributed by atoms with E-state index in [9.17, 15) is 19.8 Å². The summed E-state index contributed by atoms with van der Waals surface area (Å²) >= 11 is 6.47. The van der Waals surface area contributed by atoms with Crippen LogP contribution >= 0.6 is 11.6 Å². The summed E-state index contributed by atoms with van der Waals surface area (Å²) in [5.41, 5.74) is 6.37. The van der Waals surface area contributed by atoms with E-state index in [-0.39, 0.29) is 40.9 Å². The second-order valence-electron chi connectivity index (χ2n) is 8.27. The van der Waals surface area contributed by atoms with Gasteiger partial charge in [0.15, 0.2) is 6.10 Å². The SMILES string of the molecule is O=C(NNC(=O)C(O)c1cccc(O)c1)c1c(Cl)cc(OCc2ccccc2)cc1OCc1ccccc1. The number of carbonyl (C=O) groups excluding carboxylic acids is 2. The van der Waals surface area contributed by atoms with Crippen molar-refractivity contribution < 1.29 is 29.3 Å². The lowest BCUT2D eigenvalue weighted by molar-refractivity contribution is -0.130. The first-order valence-corrected chi connectivity index (χ1v) is 12.0. The Bertz CT molecular complexity index is 1400. The first-order valence-electron chi connectivity index (χ1n) is 11.6. The summed E-state index contributed by atoms with van der Waals surface area (Å²) in [7, 11) is 0. The van der Waals surface area contributed by atoms with Crippen molar-refractivity contribution in [1.82, 2.24) is 10.9 Å². The molecule has 0 bridgehead atoms.